The number of aliphatic hydroxyl groups is 1. The molecule has 0 unspecified atom stereocenters. The summed E-state index contributed by atoms with van der Waals surface area (Å²) in [4.78, 5) is 3.67. The Balaban J connectivity index is 0.000000132. The van der Waals surface area contributed by atoms with E-state index in [4.69, 9.17) is 5.11 Å². The van der Waals surface area contributed by atoms with Crippen LogP contribution in [0.15, 0.2) is 11.1 Å². The van der Waals surface area contributed by atoms with Crippen molar-refractivity contribution >= 4 is 15.9 Å². The van der Waals surface area contributed by atoms with E-state index >= 15 is 0 Å². The highest BCUT2D eigenvalue weighted by atomic mass is 79.9. The van der Waals surface area contributed by atoms with Gasteiger partial charge in [-0.3, -0.25) is 5.10 Å². The number of halogens is 1. The van der Waals surface area contributed by atoms with Crippen LogP contribution in [0, 0.1) is 0 Å². The summed E-state index contributed by atoms with van der Waals surface area (Å²) in [6, 6.07) is 0. The third-order valence-electron chi connectivity index (χ3n) is 1.96. The molecule has 0 saturated heterocycles. The fourth-order valence-corrected chi connectivity index (χ4v) is 1.47. The molecular weight excluding hydrogens is 234 g/mol. The van der Waals surface area contributed by atoms with Crippen molar-refractivity contribution in [3.8, 4) is 0 Å². The lowest BCUT2D eigenvalue weighted by molar-refractivity contribution is 0.130. The summed E-state index contributed by atoms with van der Waals surface area (Å²) in [6.45, 7) is 0. The number of rotatable bonds is 0. The number of aromatic amines is 1. The van der Waals surface area contributed by atoms with Crippen molar-refractivity contribution in [2.75, 3.05) is 0 Å². The maximum atomic E-state index is 8.91. The van der Waals surface area contributed by atoms with Crippen LogP contribution in [0.4, 0.5) is 0 Å². The van der Waals surface area contributed by atoms with Gasteiger partial charge >= 0.3 is 0 Å². The summed E-state index contributed by atoms with van der Waals surface area (Å²) in [6.07, 6.45) is 7.36. The van der Waals surface area contributed by atoms with E-state index < -0.39 is 0 Å². The third-order valence-corrected chi connectivity index (χ3v) is 2.34. The standard InChI is InChI=1S/C6H12O.C2H2BrN3/c7-6-4-2-1-3-5-6;3-2-4-1-5-6-2/h6-7H,1-5H2;1H,(H,4,5,6). The quantitative estimate of drug-likeness (QED) is 0.736. The molecule has 0 radical (unpaired) electrons. The molecule has 2 rings (SSSR count). The second kappa shape index (κ2) is 6.10. The molecule has 13 heavy (non-hydrogen) atoms. The highest BCUT2D eigenvalue weighted by molar-refractivity contribution is 9.10. The van der Waals surface area contributed by atoms with E-state index in [0.717, 1.165) is 12.8 Å². The van der Waals surface area contributed by atoms with Gasteiger partial charge in [0.05, 0.1) is 6.10 Å². The van der Waals surface area contributed by atoms with Gasteiger partial charge < -0.3 is 5.11 Å². The van der Waals surface area contributed by atoms with Crippen molar-refractivity contribution in [2.45, 2.75) is 38.2 Å². The molecule has 0 bridgehead atoms. The number of nitrogens with zero attached hydrogens (tertiary/aromatic N) is 2. The molecule has 74 valence electrons. The predicted octanol–water partition coefficient (Wildman–Crippen LogP) is 1.88. The van der Waals surface area contributed by atoms with Crippen LogP contribution >= 0.6 is 15.9 Å². The van der Waals surface area contributed by atoms with Crippen LogP contribution in [0.3, 0.4) is 0 Å². The Bertz CT molecular complexity index is 209. The summed E-state index contributed by atoms with van der Waals surface area (Å²) >= 11 is 3.05. The first-order valence-corrected chi connectivity index (χ1v) is 5.27. The minimum Gasteiger partial charge on any atom is -0.393 e. The van der Waals surface area contributed by atoms with Crippen molar-refractivity contribution in [2.24, 2.45) is 0 Å². The zero-order valence-corrected chi connectivity index (χ0v) is 9.00. The lowest BCUT2D eigenvalue weighted by Gasteiger charge is -2.14. The molecule has 0 atom stereocenters. The van der Waals surface area contributed by atoms with E-state index in [2.05, 4.69) is 31.1 Å². The summed E-state index contributed by atoms with van der Waals surface area (Å²) in [5.41, 5.74) is 0. The largest absolute Gasteiger partial charge is 0.393 e. The topological polar surface area (TPSA) is 61.8 Å². The lowest BCUT2D eigenvalue weighted by atomic mass is 9.98. The van der Waals surface area contributed by atoms with E-state index in [1.54, 1.807) is 0 Å². The molecule has 1 fully saturated rings. The van der Waals surface area contributed by atoms with Crippen LogP contribution < -0.4 is 0 Å². The van der Waals surface area contributed by atoms with E-state index in [-0.39, 0.29) is 6.10 Å². The SMILES string of the molecule is Brc1ncn[nH]1.OC1CCCCC1. The van der Waals surface area contributed by atoms with Gasteiger partial charge in [0, 0.05) is 0 Å². The number of nitrogens with one attached hydrogen (secondary N) is 1. The van der Waals surface area contributed by atoms with E-state index in [9.17, 15) is 0 Å². The van der Waals surface area contributed by atoms with E-state index in [0.29, 0.717) is 4.73 Å². The molecule has 0 spiro atoms. The molecule has 0 aromatic carbocycles. The first-order chi connectivity index (χ1) is 6.29. The normalized spacial score (nSPS) is 17.7. The number of aromatic nitrogens is 3. The van der Waals surface area contributed by atoms with Gasteiger partial charge in [0.2, 0.25) is 0 Å². The lowest BCUT2D eigenvalue weighted by Crippen LogP contribution is -2.09. The van der Waals surface area contributed by atoms with Crippen LogP contribution in [-0.4, -0.2) is 26.4 Å². The Morgan fingerprint density at radius 3 is 2.31 bits per heavy atom. The maximum absolute atomic E-state index is 8.91. The number of aliphatic hydroxyl groups excluding tert-OH is 1. The Labute approximate surface area is 85.9 Å². The second-order valence-electron chi connectivity index (χ2n) is 3.07. The molecule has 1 aliphatic carbocycles. The molecule has 1 saturated carbocycles. The zero-order valence-electron chi connectivity index (χ0n) is 7.41. The van der Waals surface area contributed by atoms with Gasteiger partial charge in [-0.25, -0.2) is 4.98 Å². The Morgan fingerprint density at radius 2 is 2.08 bits per heavy atom. The summed E-state index contributed by atoms with van der Waals surface area (Å²) in [5.74, 6) is 0. The average Bonchev–Trinajstić information content (AvgIpc) is 2.58. The number of H-pyrrole nitrogens is 1. The molecule has 1 aromatic rings. The fraction of sp³-hybridized carbons (Fsp3) is 0.750. The van der Waals surface area contributed by atoms with Crippen molar-refractivity contribution in [1.82, 2.24) is 15.2 Å². The fourth-order valence-electron chi connectivity index (χ4n) is 1.27. The molecule has 1 heterocycles. The monoisotopic (exact) mass is 247 g/mol. The molecule has 4 nitrogen and oxygen atoms in total. The van der Waals surface area contributed by atoms with Gasteiger partial charge in [-0.2, -0.15) is 5.10 Å². The molecular formula is C8H14BrN3O. The van der Waals surface area contributed by atoms with Gasteiger partial charge in [-0.15, -0.1) is 0 Å². The molecule has 0 amide bonds. The molecule has 5 heteroatoms. The minimum atomic E-state index is 0.0359. The van der Waals surface area contributed by atoms with Crippen molar-refractivity contribution in [3.05, 3.63) is 11.1 Å². The van der Waals surface area contributed by atoms with Crippen LogP contribution in [0.25, 0.3) is 0 Å². The van der Waals surface area contributed by atoms with Gasteiger partial charge in [0.1, 0.15) is 6.33 Å². The van der Waals surface area contributed by atoms with Crippen molar-refractivity contribution < 1.29 is 5.11 Å². The third kappa shape index (κ3) is 5.00. The van der Waals surface area contributed by atoms with Crippen molar-refractivity contribution in [1.29, 1.82) is 0 Å². The van der Waals surface area contributed by atoms with Crippen LogP contribution in [-0.2, 0) is 0 Å². The Hall–Kier alpha value is -0.420. The van der Waals surface area contributed by atoms with Crippen LogP contribution in [0.2, 0.25) is 0 Å². The van der Waals surface area contributed by atoms with E-state index in [1.165, 1.54) is 25.6 Å². The Morgan fingerprint density at radius 1 is 1.38 bits per heavy atom. The van der Waals surface area contributed by atoms with E-state index in [1.807, 2.05) is 0 Å². The molecule has 2 N–H and O–H groups in total. The first kappa shape index (κ1) is 10.7. The predicted molar refractivity (Wildman–Crippen MR) is 53.2 cm³/mol. The number of hydrogen-bond acceptors (Lipinski definition) is 3. The summed E-state index contributed by atoms with van der Waals surface area (Å²) < 4.78 is 0.669. The smallest absolute Gasteiger partial charge is 0.192 e. The highest BCUT2D eigenvalue weighted by Gasteiger charge is 2.07. The minimum absolute atomic E-state index is 0.0359. The van der Waals surface area contributed by atoms with Gasteiger partial charge in [-0.05, 0) is 28.8 Å². The first-order valence-electron chi connectivity index (χ1n) is 4.48. The second-order valence-corrected chi connectivity index (χ2v) is 3.82. The van der Waals surface area contributed by atoms with Gasteiger partial charge in [0.15, 0.2) is 4.73 Å². The van der Waals surface area contributed by atoms with Crippen molar-refractivity contribution in [3.63, 3.8) is 0 Å². The average molecular weight is 248 g/mol. The molecule has 1 aromatic heterocycles. The maximum Gasteiger partial charge on any atom is 0.192 e. The van der Waals surface area contributed by atoms with Crippen LogP contribution in [0.1, 0.15) is 32.1 Å². The van der Waals surface area contributed by atoms with Gasteiger partial charge in [-0.1, -0.05) is 19.3 Å². The van der Waals surface area contributed by atoms with Crippen LogP contribution in [0.5, 0.6) is 0 Å². The Kier molecular flexibility index (Phi) is 5.00. The molecule has 0 aliphatic heterocycles. The highest BCUT2D eigenvalue weighted by Crippen LogP contribution is 2.16. The van der Waals surface area contributed by atoms with Gasteiger partial charge in [0.25, 0.3) is 0 Å². The zero-order chi connectivity index (χ0) is 9.52. The summed E-state index contributed by atoms with van der Waals surface area (Å²) in [5, 5.41) is 15.0. The number of hydrogen-bond donors (Lipinski definition) is 2. The molecule has 1 aliphatic rings. The summed E-state index contributed by atoms with van der Waals surface area (Å²) in [7, 11) is 0.